The van der Waals surface area contributed by atoms with Crippen molar-refractivity contribution in [2.75, 3.05) is 7.05 Å². The number of hydrazone groups is 1. The van der Waals surface area contributed by atoms with Crippen LogP contribution < -0.4 is 0 Å². The van der Waals surface area contributed by atoms with Gasteiger partial charge in [0.15, 0.2) is 0 Å². The van der Waals surface area contributed by atoms with Gasteiger partial charge in [-0.1, -0.05) is 24.3 Å². The van der Waals surface area contributed by atoms with Crippen LogP contribution in [0.5, 0.6) is 0 Å². The first-order chi connectivity index (χ1) is 9.74. The molecule has 102 valence electrons. The molecule has 0 saturated heterocycles. The van der Waals surface area contributed by atoms with Crippen molar-refractivity contribution in [1.29, 1.82) is 0 Å². The number of hydrogen-bond acceptors (Lipinski definition) is 3. The Balaban J connectivity index is 1.76. The summed E-state index contributed by atoms with van der Waals surface area (Å²) in [6, 6.07) is 13.0. The molecule has 1 aliphatic carbocycles. The summed E-state index contributed by atoms with van der Waals surface area (Å²) in [7, 11) is 2.05. The van der Waals surface area contributed by atoms with Crippen molar-refractivity contribution in [1.82, 2.24) is 5.01 Å². The highest BCUT2D eigenvalue weighted by Gasteiger charge is 2.41. The first-order valence-corrected chi connectivity index (χ1v) is 7.20. The van der Waals surface area contributed by atoms with Crippen LogP contribution in [-0.4, -0.2) is 17.8 Å². The van der Waals surface area contributed by atoms with Gasteiger partial charge in [-0.3, -0.25) is 5.01 Å². The molecule has 0 N–H and O–H groups in total. The van der Waals surface area contributed by atoms with Gasteiger partial charge in [0.05, 0.1) is 5.71 Å². The lowest BCUT2D eigenvalue weighted by Gasteiger charge is -2.27. The Hall–Kier alpha value is -2.03. The van der Waals surface area contributed by atoms with Crippen molar-refractivity contribution in [2.45, 2.75) is 25.8 Å². The molecule has 2 atom stereocenters. The van der Waals surface area contributed by atoms with Crippen molar-refractivity contribution >= 4 is 5.71 Å². The lowest BCUT2D eigenvalue weighted by molar-refractivity contribution is 0.209. The number of fused-ring (bicyclic) bond motifs is 3. The molecule has 1 aliphatic heterocycles. The summed E-state index contributed by atoms with van der Waals surface area (Å²) in [6.45, 7) is 2.00. The molecule has 20 heavy (non-hydrogen) atoms. The first kappa shape index (κ1) is 11.8. The molecule has 3 nitrogen and oxygen atoms in total. The van der Waals surface area contributed by atoms with E-state index in [1.807, 2.05) is 13.0 Å². The van der Waals surface area contributed by atoms with E-state index in [4.69, 9.17) is 9.52 Å². The van der Waals surface area contributed by atoms with Crippen LogP contribution in [0.25, 0.3) is 0 Å². The van der Waals surface area contributed by atoms with Gasteiger partial charge in [0.25, 0.3) is 0 Å². The molecule has 0 amide bonds. The zero-order chi connectivity index (χ0) is 13.7. The second-order valence-electron chi connectivity index (χ2n) is 5.75. The molecule has 3 heteroatoms. The highest BCUT2D eigenvalue weighted by Crippen LogP contribution is 2.42. The lowest BCUT2D eigenvalue weighted by Crippen LogP contribution is -2.27. The minimum atomic E-state index is 0.243. The smallest absolute Gasteiger partial charge is 0.128 e. The maximum absolute atomic E-state index is 5.86. The van der Waals surface area contributed by atoms with Crippen molar-refractivity contribution < 1.29 is 4.42 Å². The number of hydrogen-bond donors (Lipinski definition) is 0. The van der Waals surface area contributed by atoms with E-state index in [2.05, 4.69) is 42.4 Å². The van der Waals surface area contributed by atoms with E-state index in [-0.39, 0.29) is 6.04 Å². The molecule has 0 bridgehead atoms. The maximum atomic E-state index is 5.86. The largest absolute Gasteiger partial charge is 0.464 e. The van der Waals surface area contributed by atoms with Crippen LogP contribution >= 0.6 is 0 Å². The molecular weight excluding hydrogens is 248 g/mol. The Morgan fingerprint density at radius 2 is 2.05 bits per heavy atom. The minimum Gasteiger partial charge on any atom is -0.464 e. The van der Waals surface area contributed by atoms with Crippen molar-refractivity contribution in [3.63, 3.8) is 0 Å². The van der Waals surface area contributed by atoms with E-state index in [1.165, 1.54) is 16.8 Å². The second-order valence-corrected chi connectivity index (χ2v) is 5.75. The predicted molar refractivity (Wildman–Crippen MR) is 78.7 cm³/mol. The number of aryl methyl sites for hydroxylation is 2. The molecular formula is C17H18N2O. The summed E-state index contributed by atoms with van der Waals surface area (Å²) in [4.78, 5) is 0. The van der Waals surface area contributed by atoms with Crippen LogP contribution in [0.2, 0.25) is 0 Å². The van der Waals surface area contributed by atoms with Gasteiger partial charge in [-0.2, -0.15) is 5.10 Å². The summed E-state index contributed by atoms with van der Waals surface area (Å²) in [5.74, 6) is 2.45. The molecule has 0 unspecified atom stereocenters. The fourth-order valence-corrected chi connectivity index (χ4v) is 3.56. The van der Waals surface area contributed by atoms with Crippen LogP contribution in [0, 0.1) is 12.8 Å². The third-order valence-electron chi connectivity index (χ3n) is 4.47. The average molecular weight is 266 g/mol. The van der Waals surface area contributed by atoms with Gasteiger partial charge in [0, 0.05) is 18.5 Å². The third-order valence-corrected chi connectivity index (χ3v) is 4.47. The molecule has 2 heterocycles. The van der Waals surface area contributed by atoms with Crippen LogP contribution in [0.1, 0.15) is 35.1 Å². The SMILES string of the molecule is Cc1ccc([C@H]2[C@H]3CCc4ccccc4C3=NN2C)o1. The van der Waals surface area contributed by atoms with Gasteiger partial charge < -0.3 is 4.42 Å². The summed E-state index contributed by atoms with van der Waals surface area (Å²) in [5, 5.41) is 6.88. The van der Waals surface area contributed by atoms with Crippen molar-refractivity contribution in [2.24, 2.45) is 11.0 Å². The highest BCUT2D eigenvalue weighted by atomic mass is 16.3. The monoisotopic (exact) mass is 266 g/mol. The fourth-order valence-electron chi connectivity index (χ4n) is 3.56. The third kappa shape index (κ3) is 1.62. The van der Waals surface area contributed by atoms with Gasteiger partial charge in [0.2, 0.25) is 0 Å². The molecule has 0 spiro atoms. The van der Waals surface area contributed by atoms with Crippen LogP contribution in [0.4, 0.5) is 0 Å². The van der Waals surface area contributed by atoms with Gasteiger partial charge in [-0.05, 0) is 37.5 Å². The lowest BCUT2D eigenvalue weighted by atomic mass is 9.78. The van der Waals surface area contributed by atoms with Gasteiger partial charge in [0.1, 0.15) is 17.6 Å². The van der Waals surface area contributed by atoms with Crippen molar-refractivity contribution in [3.8, 4) is 0 Å². The molecule has 1 aromatic heterocycles. The van der Waals surface area contributed by atoms with Gasteiger partial charge in [-0.25, -0.2) is 0 Å². The van der Waals surface area contributed by atoms with E-state index in [1.54, 1.807) is 0 Å². The molecule has 4 rings (SSSR count). The zero-order valence-corrected chi connectivity index (χ0v) is 11.8. The first-order valence-electron chi connectivity index (χ1n) is 7.20. The van der Waals surface area contributed by atoms with Crippen molar-refractivity contribution in [3.05, 3.63) is 59.0 Å². The summed E-state index contributed by atoms with van der Waals surface area (Å²) < 4.78 is 5.86. The highest BCUT2D eigenvalue weighted by molar-refractivity contribution is 6.05. The second kappa shape index (κ2) is 4.23. The Bertz CT molecular complexity index is 686. The topological polar surface area (TPSA) is 28.7 Å². The van der Waals surface area contributed by atoms with E-state index in [0.717, 1.165) is 24.4 Å². The standard InChI is InChI=1S/C17H18N2O/c1-11-7-10-15(20-11)17-14-9-8-12-5-3-4-6-13(12)16(14)18-19(17)2/h3-7,10,14,17H,8-9H2,1-2H3/t14-,17+/m0/s1. The Labute approximate surface area is 118 Å². The van der Waals surface area contributed by atoms with E-state index in [0.29, 0.717) is 5.92 Å². The number of rotatable bonds is 1. The van der Waals surface area contributed by atoms with Gasteiger partial charge >= 0.3 is 0 Å². The zero-order valence-electron chi connectivity index (χ0n) is 11.8. The molecule has 2 aromatic rings. The Morgan fingerprint density at radius 1 is 1.20 bits per heavy atom. The quantitative estimate of drug-likeness (QED) is 0.790. The van der Waals surface area contributed by atoms with E-state index in [9.17, 15) is 0 Å². The number of nitrogens with zero attached hydrogens (tertiary/aromatic N) is 2. The average Bonchev–Trinajstić information content (AvgIpc) is 3.01. The van der Waals surface area contributed by atoms with Crippen LogP contribution in [-0.2, 0) is 6.42 Å². The van der Waals surface area contributed by atoms with E-state index < -0.39 is 0 Å². The molecule has 2 aliphatic rings. The van der Waals surface area contributed by atoms with Crippen LogP contribution in [0.3, 0.4) is 0 Å². The summed E-state index contributed by atoms with van der Waals surface area (Å²) in [6.07, 6.45) is 2.27. The Kier molecular flexibility index (Phi) is 2.49. The molecule has 0 radical (unpaired) electrons. The Morgan fingerprint density at radius 3 is 2.85 bits per heavy atom. The minimum absolute atomic E-state index is 0.243. The normalized spacial score (nSPS) is 24.3. The number of benzene rings is 1. The fraction of sp³-hybridized carbons (Fsp3) is 0.353. The maximum Gasteiger partial charge on any atom is 0.128 e. The summed E-state index contributed by atoms with van der Waals surface area (Å²) in [5.41, 5.74) is 3.97. The summed E-state index contributed by atoms with van der Waals surface area (Å²) >= 11 is 0. The molecule has 0 fully saturated rings. The predicted octanol–water partition coefficient (Wildman–Crippen LogP) is 3.54. The van der Waals surface area contributed by atoms with Crippen LogP contribution in [0.15, 0.2) is 45.9 Å². The van der Waals surface area contributed by atoms with E-state index >= 15 is 0 Å². The molecule has 0 saturated carbocycles. The molecule has 1 aromatic carbocycles. The van der Waals surface area contributed by atoms with Gasteiger partial charge in [-0.15, -0.1) is 0 Å². The number of furan rings is 1.